The summed E-state index contributed by atoms with van der Waals surface area (Å²) >= 11 is 0. The third kappa shape index (κ3) is 4.74. The number of methoxy groups -OCH3 is 1. The van der Waals surface area contributed by atoms with Crippen LogP contribution in [0.1, 0.15) is 24.1 Å². The first-order valence-electron chi connectivity index (χ1n) is 9.05. The quantitative estimate of drug-likeness (QED) is 0.874. The number of anilines is 1. The van der Waals surface area contributed by atoms with Crippen LogP contribution in [0.15, 0.2) is 48.5 Å². The van der Waals surface area contributed by atoms with Gasteiger partial charge in [0.1, 0.15) is 5.75 Å². The summed E-state index contributed by atoms with van der Waals surface area (Å²) < 4.78 is 5.20. The third-order valence-electron chi connectivity index (χ3n) is 5.03. The molecule has 0 aliphatic carbocycles. The second-order valence-corrected chi connectivity index (χ2v) is 6.83. The smallest absolute Gasteiger partial charge is 0.118 e. The lowest BCUT2D eigenvalue weighted by atomic mass is 10.1. The standard InChI is InChI=1S/C21H29N3O/c1-17(22-16-18-4-10-21(25-3)11-5-18)19-6-8-20(9-7-19)24-14-12-23(2)13-15-24/h4-11,17,22H,12-16H2,1-3H3/t17-/m0/s1. The predicted octanol–water partition coefficient (Wildman–Crippen LogP) is 3.30. The van der Waals surface area contributed by atoms with Crippen LogP contribution < -0.4 is 15.0 Å². The van der Waals surface area contributed by atoms with Gasteiger partial charge in [0.05, 0.1) is 7.11 Å². The van der Waals surface area contributed by atoms with Crippen molar-refractivity contribution in [1.82, 2.24) is 10.2 Å². The summed E-state index contributed by atoms with van der Waals surface area (Å²) in [7, 11) is 3.89. The Morgan fingerprint density at radius 1 is 0.960 bits per heavy atom. The Hall–Kier alpha value is -2.04. The zero-order valence-corrected chi connectivity index (χ0v) is 15.5. The summed E-state index contributed by atoms with van der Waals surface area (Å²) in [6.07, 6.45) is 0. The summed E-state index contributed by atoms with van der Waals surface area (Å²) in [5.74, 6) is 0.899. The van der Waals surface area contributed by atoms with Crippen LogP contribution in [0.4, 0.5) is 5.69 Å². The van der Waals surface area contributed by atoms with Crippen molar-refractivity contribution in [2.24, 2.45) is 0 Å². The van der Waals surface area contributed by atoms with Gasteiger partial charge in [0.2, 0.25) is 0 Å². The summed E-state index contributed by atoms with van der Waals surface area (Å²) in [6.45, 7) is 7.57. The zero-order valence-electron chi connectivity index (χ0n) is 15.5. The van der Waals surface area contributed by atoms with Gasteiger partial charge in [-0.3, -0.25) is 0 Å². The Labute approximate surface area is 151 Å². The molecule has 134 valence electrons. The van der Waals surface area contributed by atoms with Crippen molar-refractivity contribution in [2.75, 3.05) is 45.2 Å². The number of nitrogens with zero attached hydrogens (tertiary/aromatic N) is 2. The minimum atomic E-state index is 0.323. The Morgan fingerprint density at radius 3 is 2.20 bits per heavy atom. The number of benzene rings is 2. The van der Waals surface area contributed by atoms with Gasteiger partial charge in [-0.1, -0.05) is 24.3 Å². The molecular formula is C21H29N3O. The van der Waals surface area contributed by atoms with E-state index in [1.165, 1.54) is 16.8 Å². The molecule has 1 aliphatic heterocycles. The van der Waals surface area contributed by atoms with Gasteiger partial charge in [-0.2, -0.15) is 0 Å². The number of piperazine rings is 1. The molecule has 0 bridgehead atoms. The molecule has 1 heterocycles. The molecule has 1 fully saturated rings. The average Bonchev–Trinajstić information content (AvgIpc) is 2.67. The van der Waals surface area contributed by atoms with Gasteiger partial charge in [0, 0.05) is 44.5 Å². The highest BCUT2D eigenvalue weighted by molar-refractivity contribution is 5.48. The number of nitrogens with one attached hydrogen (secondary N) is 1. The van der Waals surface area contributed by atoms with Gasteiger partial charge >= 0.3 is 0 Å². The summed E-state index contributed by atoms with van der Waals surface area (Å²) in [6, 6.07) is 17.6. The molecule has 0 amide bonds. The van der Waals surface area contributed by atoms with Gasteiger partial charge in [0.25, 0.3) is 0 Å². The molecular weight excluding hydrogens is 310 g/mol. The van der Waals surface area contributed by atoms with E-state index in [4.69, 9.17) is 4.74 Å². The molecule has 1 aliphatic rings. The van der Waals surface area contributed by atoms with E-state index in [1.54, 1.807) is 7.11 Å². The number of rotatable bonds is 6. The van der Waals surface area contributed by atoms with Crippen LogP contribution in [0.25, 0.3) is 0 Å². The predicted molar refractivity (Wildman–Crippen MR) is 104 cm³/mol. The van der Waals surface area contributed by atoms with Gasteiger partial charge in [-0.25, -0.2) is 0 Å². The lowest BCUT2D eigenvalue weighted by Crippen LogP contribution is -2.44. The van der Waals surface area contributed by atoms with Crippen molar-refractivity contribution >= 4 is 5.69 Å². The number of hydrogen-bond acceptors (Lipinski definition) is 4. The Bertz CT molecular complexity index is 646. The maximum absolute atomic E-state index is 5.20. The maximum Gasteiger partial charge on any atom is 0.118 e. The molecule has 1 saturated heterocycles. The van der Waals surface area contributed by atoms with Crippen molar-refractivity contribution < 1.29 is 4.74 Å². The molecule has 1 atom stereocenters. The van der Waals surface area contributed by atoms with Gasteiger partial charge in [-0.15, -0.1) is 0 Å². The van der Waals surface area contributed by atoms with E-state index in [0.717, 1.165) is 38.5 Å². The molecule has 2 aromatic carbocycles. The molecule has 0 saturated carbocycles. The van der Waals surface area contributed by atoms with E-state index in [9.17, 15) is 0 Å². The van der Waals surface area contributed by atoms with Crippen molar-refractivity contribution in [3.63, 3.8) is 0 Å². The van der Waals surface area contributed by atoms with Crippen molar-refractivity contribution in [3.05, 3.63) is 59.7 Å². The fourth-order valence-electron chi connectivity index (χ4n) is 3.17. The molecule has 4 heteroatoms. The minimum Gasteiger partial charge on any atom is -0.497 e. The molecule has 3 rings (SSSR count). The fourth-order valence-corrected chi connectivity index (χ4v) is 3.17. The molecule has 0 aromatic heterocycles. The van der Waals surface area contributed by atoms with Crippen LogP contribution in [0, 0.1) is 0 Å². The van der Waals surface area contributed by atoms with Gasteiger partial charge in [-0.05, 0) is 49.4 Å². The van der Waals surface area contributed by atoms with Crippen LogP contribution in [0.5, 0.6) is 5.75 Å². The SMILES string of the molecule is COc1ccc(CN[C@@H](C)c2ccc(N3CCN(C)CC3)cc2)cc1. The van der Waals surface area contributed by atoms with E-state index in [0.29, 0.717) is 6.04 Å². The third-order valence-corrected chi connectivity index (χ3v) is 5.03. The van der Waals surface area contributed by atoms with E-state index >= 15 is 0 Å². The van der Waals surface area contributed by atoms with Crippen LogP contribution in [0.2, 0.25) is 0 Å². The maximum atomic E-state index is 5.20. The molecule has 4 nitrogen and oxygen atoms in total. The van der Waals surface area contributed by atoms with Crippen LogP contribution >= 0.6 is 0 Å². The van der Waals surface area contributed by atoms with Gasteiger partial charge < -0.3 is 19.9 Å². The van der Waals surface area contributed by atoms with E-state index in [-0.39, 0.29) is 0 Å². The molecule has 1 N–H and O–H groups in total. The second-order valence-electron chi connectivity index (χ2n) is 6.83. The second kappa shape index (κ2) is 8.37. The molecule has 25 heavy (non-hydrogen) atoms. The highest BCUT2D eigenvalue weighted by Gasteiger charge is 2.14. The first-order valence-corrected chi connectivity index (χ1v) is 9.05. The van der Waals surface area contributed by atoms with E-state index in [1.807, 2.05) is 12.1 Å². The van der Waals surface area contributed by atoms with E-state index in [2.05, 4.69) is 65.5 Å². The van der Waals surface area contributed by atoms with Gasteiger partial charge in [0.15, 0.2) is 0 Å². The topological polar surface area (TPSA) is 27.7 Å². The van der Waals surface area contributed by atoms with Crippen molar-refractivity contribution in [2.45, 2.75) is 19.5 Å². The molecule has 0 unspecified atom stereocenters. The Kier molecular flexibility index (Phi) is 5.95. The number of likely N-dealkylation sites (N-methyl/N-ethyl adjacent to an activating group) is 1. The zero-order chi connectivity index (χ0) is 17.6. The molecule has 0 spiro atoms. The lowest BCUT2D eigenvalue weighted by molar-refractivity contribution is 0.313. The highest BCUT2D eigenvalue weighted by Crippen LogP contribution is 2.21. The number of ether oxygens (including phenoxy) is 1. The van der Waals surface area contributed by atoms with Crippen molar-refractivity contribution in [3.8, 4) is 5.75 Å². The first-order chi connectivity index (χ1) is 12.2. The summed E-state index contributed by atoms with van der Waals surface area (Å²) in [4.78, 5) is 4.86. The van der Waals surface area contributed by atoms with Crippen molar-refractivity contribution in [1.29, 1.82) is 0 Å². The molecule has 2 aromatic rings. The summed E-state index contributed by atoms with van der Waals surface area (Å²) in [5, 5.41) is 3.60. The highest BCUT2D eigenvalue weighted by atomic mass is 16.5. The fraction of sp³-hybridized carbons (Fsp3) is 0.429. The largest absolute Gasteiger partial charge is 0.497 e. The normalized spacial score (nSPS) is 16.7. The van der Waals surface area contributed by atoms with Crippen LogP contribution in [0.3, 0.4) is 0 Å². The lowest BCUT2D eigenvalue weighted by Gasteiger charge is -2.34. The van der Waals surface area contributed by atoms with Crippen LogP contribution in [-0.2, 0) is 6.54 Å². The average molecular weight is 339 g/mol. The Balaban J connectivity index is 1.54. The number of hydrogen-bond donors (Lipinski definition) is 1. The first kappa shape index (κ1) is 17.8. The summed E-state index contributed by atoms with van der Waals surface area (Å²) in [5.41, 5.74) is 3.92. The molecule has 0 radical (unpaired) electrons. The Morgan fingerprint density at radius 2 is 1.60 bits per heavy atom. The van der Waals surface area contributed by atoms with Crippen LogP contribution in [-0.4, -0.2) is 45.2 Å². The monoisotopic (exact) mass is 339 g/mol. The minimum absolute atomic E-state index is 0.323. The van der Waals surface area contributed by atoms with E-state index < -0.39 is 0 Å².